The fraction of sp³-hybridized carbons (Fsp3) is 0.167. The minimum Gasteiger partial charge on any atom is -0.322 e. The van der Waals surface area contributed by atoms with Gasteiger partial charge in [0.1, 0.15) is 0 Å². The summed E-state index contributed by atoms with van der Waals surface area (Å²) >= 11 is 0. The van der Waals surface area contributed by atoms with Crippen LogP contribution in [0.4, 0.5) is 17.1 Å². The summed E-state index contributed by atoms with van der Waals surface area (Å²) in [6, 6.07) is 25.3. The first-order valence-corrected chi connectivity index (χ1v) is 15.8. The molecule has 4 rings (SSSR count). The van der Waals surface area contributed by atoms with Gasteiger partial charge >= 0.3 is 0 Å². The van der Waals surface area contributed by atoms with Crippen LogP contribution in [0.1, 0.15) is 32.6 Å². The van der Waals surface area contributed by atoms with Gasteiger partial charge in [0.25, 0.3) is 15.9 Å². The van der Waals surface area contributed by atoms with Crippen LogP contribution in [0.5, 0.6) is 0 Å². The molecule has 10 heteroatoms. The smallest absolute Gasteiger partial charge is 0.261 e. The van der Waals surface area contributed by atoms with Gasteiger partial charge < -0.3 is 5.32 Å². The molecule has 4 aromatic carbocycles. The van der Waals surface area contributed by atoms with Crippen LogP contribution in [-0.4, -0.2) is 29.0 Å². The Balaban J connectivity index is 1.44. The predicted molar refractivity (Wildman–Crippen MR) is 160 cm³/mol. The van der Waals surface area contributed by atoms with E-state index < -0.39 is 20.0 Å². The molecule has 0 unspecified atom stereocenters. The van der Waals surface area contributed by atoms with Crippen LogP contribution in [-0.2, 0) is 26.6 Å². The number of sulfonamides is 2. The van der Waals surface area contributed by atoms with Crippen molar-refractivity contribution in [1.82, 2.24) is 0 Å². The molecule has 8 nitrogen and oxygen atoms in total. The van der Waals surface area contributed by atoms with E-state index in [0.29, 0.717) is 22.6 Å². The maximum Gasteiger partial charge on any atom is 0.261 e. The van der Waals surface area contributed by atoms with Gasteiger partial charge in [-0.1, -0.05) is 42.5 Å². The lowest BCUT2D eigenvalue weighted by Gasteiger charge is -2.23. The number of benzene rings is 4. The van der Waals surface area contributed by atoms with E-state index in [0.717, 1.165) is 28.5 Å². The van der Waals surface area contributed by atoms with Gasteiger partial charge in [0.2, 0.25) is 10.0 Å². The molecular weight excluding hydrogens is 546 g/mol. The second-order valence-corrected chi connectivity index (χ2v) is 13.2. The Hall–Kier alpha value is -4.15. The van der Waals surface area contributed by atoms with Crippen molar-refractivity contribution in [3.8, 4) is 0 Å². The second kappa shape index (κ2) is 11.5. The van der Waals surface area contributed by atoms with Gasteiger partial charge in [0.05, 0.1) is 29.1 Å². The summed E-state index contributed by atoms with van der Waals surface area (Å²) in [5.74, 6) is -0.380. The fourth-order valence-corrected chi connectivity index (χ4v) is 6.28. The SMILES string of the molecule is Cc1cccc(N(Cc2ccc(C(=O)Nc3ccc(S(=O)(=O)Nc4c(C)cccc4C)cc3)cc2)S(C)(=O)=O)c1. The number of nitrogens with one attached hydrogen (secondary N) is 2. The molecule has 0 aliphatic carbocycles. The van der Waals surface area contributed by atoms with Gasteiger partial charge in [-0.2, -0.15) is 0 Å². The van der Waals surface area contributed by atoms with Crippen LogP contribution < -0.4 is 14.3 Å². The first-order valence-electron chi connectivity index (χ1n) is 12.5. The molecule has 0 bridgehead atoms. The van der Waals surface area contributed by atoms with Crippen molar-refractivity contribution in [1.29, 1.82) is 0 Å². The van der Waals surface area contributed by atoms with Crippen molar-refractivity contribution in [3.05, 3.63) is 119 Å². The molecule has 208 valence electrons. The number of aryl methyl sites for hydroxylation is 3. The Bertz CT molecular complexity index is 1730. The van der Waals surface area contributed by atoms with Gasteiger partial charge in [-0.15, -0.1) is 0 Å². The van der Waals surface area contributed by atoms with E-state index in [4.69, 9.17) is 0 Å². The Kier molecular flexibility index (Phi) is 8.32. The summed E-state index contributed by atoms with van der Waals surface area (Å²) in [5, 5.41) is 2.76. The van der Waals surface area contributed by atoms with Crippen LogP contribution in [0.3, 0.4) is 0 Å². The number of carbonyl (C=O) groups excluding carboxylic acids is 1. The molecule has 0 spiro atoms. The lowest BCUT2D eigenvalue weighted by Crippen LogP contribution is -2.29. The van der Waals surface area contributed by atoms with Crippen LogP contribution in [0.2, 0.25) is 0 Å². The predicted octanol–water partition coefficient (Wildman–Crippen LogP) is 5.63. The molecule has 0 aliphatic rings. The molecule has 0 aromatic heterocycles. The average Bonchev–Trinajstić information content (AvgIpc) is 2.89. The summed E-state index contributed by atoms with van der Waals surface area (Å²) in [4.78, 5) is 12.9. The largest absolute Gasteiger partial charge is 0.322 e. The van der Waals surface area contributed by atoms with Crippen LogP contribution in [0, 0.1) is 20.8 Å². The summed E-state index contributed by atoms with van der Waals surface area (Å²) < 4.78 is 54.7. The summed E-state index contributed by atoms with van der Waals surface area (Å²) in [7, 11) is -7.34. The fourth-order valence-electron chi connectivity index (χ4n) is 4.20. The Morgan fingerprint density at radius 3 is 1.95 bits per heavy atom. The minimum absolute atomic E-state index is 0.0709. The van der Waals surface area contributed by atoms with Crippen molar-refractivity contribution < 1.29 is 21.6 Å². The van der Waals surface area contributed by atoms with Gasteiger partial charge in [-0.25, -0.2) is 16.8 Å². The first-order chi connectivity index (χ1) is 18.8. The van der Waals surface area contributed by atoms with Crippen LogP contribution >= 0.6 is 0 Å². The van der Waals surface area contributed by atoms with Gasteiger partial charge in [-0.3, -0.25) is 13.8 Å². The molecular formula is C30H31N3O5S2. The minimum atomic E-state index is -3.81. The highest BCUT2D eigenvalue weighted by Gasteiger charge is 2.19. The summed E-state index contributed by atoms with van der Waals surface area (Å²) in [6.07, 6.45) is 1.16. The van der Waals surface area contributed by atoms with Gasteiger partial charge in [-0.05, 0) is 91.6 Å². The molecule has 0 saturated carbocycles. The van der Waals surface area contributed by atoms with Gasteiger partial charge in [0, 0.05) is 11.3 Å². The Morgan fingerprint density at radius 2 is 1.38 bits per heavy atom. The standard InChI is InChI=1S/C30H31N3O5S2/c1-21-7-5-10-27(19-21)33(39(4,35)36)20-24-11-13-25(14-12-24)30(34)31-26-15-17-28(18-16-26)40(37,38)32-29-22(2)8-6-9-23(29)3/h5-19,32H,20H2,1-4H3,(H,31,34). The number of anilines is 3. The van der Waals surface area contributed by atoms with Crippen molar-refractivity contribution >= 4 is 43.0 Å². The van der Waals surface area contributed by atoms with Crippen molar-refractivity contribution in [3.63, 3.8) is 0 Å². The number of amides is 1. The zero-order valence-electron chi connectivity index (χ0n) is 22.7. The highest BCUT2D eigenvalue weighted by Crippen LogP contribution is 2.25. The van der Waals surface area contributed by atoms with Gasteiger partial charge in [0.15, 0.2) is 0 Å². The van der Waals surface area contributed by atoms with E-state index in [9.17, 15) is 21.6 Å². The third-order valence-electron chi connectivity index (χ3n) is 6.37. The molecule has 0 heterocycles. The highest BCUT2D eigenvalue weighted by atomic mass is 32.2. The maximum absolute atomic E-state index is 12.9. The lowest BCUT2D eigenvalue weighted by molar-refractivity contribution is 0.102. The highest BCUT2D eigenvalue weighted by molar-refractivity contribution is 7.92. The van der Waals surface area contributed by atoms with E-state index in [1.165, 1.54) is 28.6 Å². The lowest BCUT2D eigenvalue weighted by atomic mass is 10.1. The van der Waals surface area contributed by atoms with E-state index in [-0.39, 0.29) is 17.3 Å². The number of rotatable bonds is 9. The number of nitrogens with zero attached hydrogens (tertiary/aromatic N) is 1. The second-order valence-electron chi connectivity index (χ2n) is 9.66. The summed E-state index contributed by atoms with van der Waals surface area (Å²) in [5.41, 5.74) is 5.22. The molecule has 0 saturated heterocycles. The molecule has 0 radical (unpaired) electrons. The average molecular weight is 578 g/mol. The third kappa shape index (κ3) is 6.88. The zero-order chi connectivity index (χ0) is 29.1. The molecule has 0 fully saturated rings. The maximum atomic E-state index is 12.9. The quantitative estimate of drug-likeness (QED) is 0.268. The van der Waals surface area contributed by atoms with Crippen molar-refractivity contribution in [2.24, 2.45) is 0 Å². The molecule has 1 amide bonds. The van der Waals surface area contributed by atoms with E-state index >= 15 is 0 Å². The number of hydrogen-bond donors (Lipinski definition) is 2. The molecule has 0 aliphatic heterocycles. The normalized spacial score (nSPS) is 11.6. The molecule has 0 atom stereocenters. The Morgan fingerprint density at radius 1 is 0.775 bits per heavy atom. The monoisotopic (exact) mass is 577 g/mol. The molecule has 2 N–H and O–H groups in total. The van der Waals surface area contributed by atoms with Crippen LogP contribution in [0.15, 0.2) is 95.9 Å². The van der Waals surface area contributed by atoms with Crippen molar-refractivity contribution in [2.75, 3.05) is 20.6 Å². The van der Waals surface area contributed by atoms with E-state index in [2.05, 4.69) is 10.0 Å². The zero-order valence-corrected chi connectivity index (χ0v) is 24.3. The number of carbonyl (C=O) groups is 1. The third-order valence-corrected chi connectivity index (χ3v) is 8.88. The topological polar surface area (TPSA) is 113 Å². The number of para-hydroxylation sites is 1. The summed E-state index contributed by atoms with van der Waals surface area (Å²) in [6.45, 7) is 5.69. The Labute approximate surface area is 235 Å². The molecule has 40 heavy (non-hydrogen) atoms. The first kappa shape index (κ1) is 28.8. The van der Waals surface area contributed by atoms with E-state index in [1.807, 2.05) is 45.0 Å². The van der Waals surface area contributed by atoms with Crippen molar-refractivity contribution in [2.45, 2.75) is 32.2 Å². The molecule has 4 aromatic rings. The van der Waals surface area contributed by atoms with Crippen LogP contribution in [0.25, 0.3) is 0 Å². The van der Waals surface area contributed by atoms with E-state index in [1.54, 1.807) is 42.5 Å². The number of hydrogen-bond acceptors (Lipinski definition) is 5.